The third-order valence-corrected chi connectivity index (χ3v) is 9.63. The second-order valence-electron chi connectivity index (χ2n) is 10.5. The van der Waals surface area contributed by atoms with E-state index in [1.54, 1.807) is 0 Å². The van der Waals surface area contributed by atoms with Crippen LogP contribution in [0.2, 0.25) is 0 Å². The Morgan fingerprint density at radius 3 is 2.20 bits per heavy atom. The summed E-state index contributed by atoms with van der Waals surface area (Å²) in [5.41, 5.74) is 9.00. The average molecular weight is 529 g/mol. The van der Waals surface area contributed by atoms with Crippen LogP contribution < -0.4 is 4.90 Å². The molecular formula is C36H20N2OS. The molecule has 0 unspecified atom stereocenters. The number of anilines is 3. The first-order chi connectivity index (χ1) is 19.8. The van der Waals surface area contributed by atoms with Gasteiger partial charge in [-0.15, -0.1) is 11.3 Å². The van der Waals surface area contributed by atoms with Crippen LogP contribution in [0.4, 0.5) is 17.1 Å². The zero-order valence-corrected chi connectivity index (χ0v) is 22.1. The number of hydrogen-bond donors (Lipinski definition) is 0. The quantitative estimate of drug-likeness (QED) is 0.211. The molecule has 0 saturated heterocycles. The maximum Gasteiger partial charge on any atom is 0.135 e. The second-order valence-corrected chi connectivity index (χ2v) is 11.6. The van der Waals surface area contributed by atoms with Crippen LogP contribution >= 0.6 is 11.3 Å². The fourth-order valence-electron chi connectivity index (χ4n) is 6.89. The minimum absolute atomic E-state index is 0.911. The zero-order valence-electron chi connectivity index (χ0n) is 21.3. The van der Waals surface area contributed by atoms with Crippen LogP contribution in [0.3, 0.4) is 0 Å². The molecule has 0 aliphatic carbocycles. The number of benzene rings is 6. The lowest BCUT2D eigenvalue weighted by molar-refractivity contribution is 0.669. The van der Waals surface area contributed by atoms with Gasteiger partial charge in [-0.25, -0.2) is 0 Å². The molecule has 0 spiro atoms. The first kappa shape index (κ1) is 20.8. The van der Waals surface area contributed by atoms with Gasteiger partial charge in [-0.05, 0) is 60.7 Å². The molecule has 0 atom stereocenters. The summed E-state index contributed by atoms with van der Waals surface area (Å²) in [5.74, 6) is 0. The molecule has 3 aromatic heterocycles. The monoisotopic (exact) mass is 528 g/mol. The van der Waals surface area contributed by atoms with Gasteiger partial charge in [0.2, 0.25) is 0 Å². The smallest absolute Gasteiger partial charge is 0.135 e. The number of para-hydroxylation sites is 4. The van der Waals surface area contributed by atoms with Gasteiger partial charge >= 0.3 is 0 Å². The maximum atomic E-state index is 6.16. The van der Waals surface area contributed by atoms with Crippen LogP contribution in [0, 0.1) is 0 Å². The van der Waals surface area contributed by atoms with Gasteiger partial charge in [-0.2, -0.15) is 0 Å². The Labute approximate surface area is 232 Å². The highest BCUT2D eigenvalue weighted by molar-refractivity contribution is 7.26. The lowest BCUT2D eigenvalue weighted by Crippen LogP contribution is -2.17. The van der Waals surface area contributed by atoms with E-state index >= 15 is 0 Å². The highest BCUT2D eigenvalue weighted by atomic mass is 32.1. The number of aromatic nitrogens is 1. The van der Waals surface area contributed by atoms with Crippen molar-refractivity contribution in [3.05, 3.63) is 121 Å². The molecule has 4 heterocycles. The molecule has 4 heteroatoms. The van der Waals surface area contributed by atoms with E-state index < -0.39 is 0 Å². The summed E-state index contributed by atoms with van der Waals surface area (Å²) < 4.78 is 11.3. The van der Waals surface area contributed by atoms with E-state index in [9.17, 15) is 0 Å². The Morgan fingerprint density at radius 2 is 1.25 bits per heavy atom. The number of thiophene rings is 1. The van der Waals surface area contributed by atoms with E-state index in [1.165, 1.54) is 59.0 Å². The largest absolute Gasteiger partial charge is 0.456 e. The minimum Gasteiger partial charge on any atom is -0.456 e. The van der Waals surface area contributed by atoms with Crippen LogP contribution in [0.15, 0.2) is 126 Å². The van der Waals surface area contributed by atoms with Crippen molar-refractivity contribution in [2.75, 3.05) is 4.90 Å². The summed E-state index contributed by atoms with van der Waals surface area (Å²) in [6, 6.07) is 43.8. The normalized spacial score (nSPS) is 12.9. The van der Waals surface area contributed by atoms with Gasteiger partial charge in [0.05, 0.1) is 28.1 Å². The van der Waals surface area contributed by atoms with Crippen LogP contribution in [0.25, 0.3) is 69.6 Å². The Morgan fingerprint density at radius 1 is 0.500 bits per heavy atom. The van der Waals surface area contributed by atoms with Crippen LogP contribution in [0.1, 0.15) is 0 Å². The van der Waals surface area contributed by atoms with Gasteiger partial charge in [0.15, 0.2) is 0 Å². The molecule has 0 fully saturated rings. The molecule has 3 nitrogen and oxygen atoms in total. The summed E-state index contributed by atoms with van der Waals surface area (Å²) in [6.45, 7) is 0. The van der Waals surface area contributed by atoms with Crippen molar-refractivity contribution in [2.24, 2.45) is 0 Å². The van der Waals surface area contributed by atoms with Gasteiger partial charge in [0, 0.05) is 47.4 Å². The number of nitrogens with zero attached hydrogens (tertiary/aromatic N) is 2. The fourth-order valence-corrected chi connectivity index (χ4v) is 8.00. The third-order valence-electron chi connectivity index (χ3n) is 8.49. The lowest BCUT2D eigenvalue weighted by Gasteiger charge is -2.33. The standard InChI is InChI=1S/C36H20N2OS/c1-5-14-30-22(8-1)25-20-21(16-18-31(25)39-30)37-26-11-3-4-12-27(26)38-28-17-19-33-35(23-9-2-6-15-32(23)40-33)34(28)24-10-7-13-29(37)36(24)38/h1-20H. The van der Waals surface area contributed by atoms with Gasteiger partial charge < -0.3 is 13.9 Å². The number of hydrogen-bond acceptors (Lipinski definition) is 3. The Kier molecular flexibility index (Phi) is 3.81. The van der Waals surface area contributed by atoms with Gasteiger partial charge in [-0.1, -0.05) is 60.7 Å². The molecule has 6 aromatic carbocycles. The first-order valence-corrected chi connectivity index (χ1v) is 14.3. The van der Waals surface area contributed by atoms with Gasteiger partial charge in [0.1, 0.15) is 11.2 Å². The van der Waals surface area contributed by atoms with Crippen molar-refractivity contribution >= 4 is 92.3 Å². The second kappa shape index (κ2) is 7.32. The SMILES string of the molecule is c1ccc2c(c1)N(c1ccc3oc4ccccc4c3c1)c1cccc3c4c5c(ccc4n-2c13)sc1ccccc15. The predicted molar refractivity (Wildman–Crippen MR) is 169 cm³/mol. The highest BCUT2D eigenvalue weighted by Crippen LogP contribution is 2.52. The molecule has 0 saturated carbocycles. The Balaban J connectivity index is 1.36. The van der Waals surface area contributed by atoms with Crippen molar-refractivity contribution in [3.63, 3.8) is 0 Å². The van der Waals surface area contributed by atoms with Gasteiger partial charge in [-0.3, -0.25) is 0 Å². The molecule has 1 aliphatic rings. The van der Waals surface area contributed by atoms with E-state index in [0.29, 0.717) is 0 Å². The van der Waals surface area contributed by atoms with Crippen molar-refractivity contribution in [1.82, 2.24) is 4.57 Å². The molecule has 9 aromatic rings. The zero-order chi connectivity index (χ0) is 25.9. The summed E-state index contributed by atoms with van der Waals surface area (Å²) >= 11 is 1.88. The van der Waals surface area contributed by atoms with E-state index in [4.69, 9.17) is 4.42 Å². The van der Waals surface area contributed by atoms with Crippen molar-refractivity contribution in [2.45, 2.75) is 0 Å². The molecule has 0 radical (unpaired) electrons. The van der Waals surface area contributed by atoms with Gasteiger partial charge in [0.25, 0.3) is 0 Å². The highest BCUT2D eigenvalue weighted by Gasteiger charge is 2.29. The number of fused-ring (bicyclic) bond motifs is 12. The Bertz CT molecular complexity index is 2510. The molecule has 10 rings (SSSR count). The molecule has 40 heavy (non-hydrogen) atoms. The summed E-state index contributed by atoms with van der Waals surface area (Å²) in [4.78, 5) is 2.42. The van der Waals surface area contributed by atoms with Crippen molar-refractivity contribution in [1.29, 1.82) is 0 Å². The van der Waals surface area contributed by atoms with Crippen molar-refractivity contribution < 1.29 is 4.42 Å². The van der Waals surface area contributed by atoms with Crippen LogP contribution in [-0.4, -0.2) is 4.57 Å². The Hall–Kier alpha value is -5.06. The average Bonchev–Trinajstić information content (AvgIpc) is 3.67. The van der Waals surface area contributed by atoms with E-state index in [-0.39, 0.29) is 0 Å². The van der Waals surface area contributed by atoms with E-state index in [0.717, 1.165) is 27.6 Å². The maximum absolute atomic E-state index is 6.16. The fraction of sp³-hybridized carbons (Fsp3) is 0. The summed E-state index contributed by atoms with van der Waals surface area (Å²) in [5, 5.41) is 7.59. The molecular weight excluding hydrogens is 508 g/mol. The lowest BCUT2D eigenvalue weighted by atomic mass is 10.0. The minimum atomic E-state index is 0.911. The van der Waals surface area contributed by atoms with Crippen molar-refractivity contribution in [3.8, 4) is 5.69 Å². The number of rotatable bonds is 1. The third kappa shape index (κ3) is 2.50. The molecule has 0 N–H and O–H groups in total. The number of furan rings is 1. The molecule has 1 aliphatic heterocycles. The van der Waals surface area contributed by atoms with E-state index in [2.05, 4.69) is 119 Å². The van der Waals surface area contributed by atoms with Crippen LogP contribution in [0.5, 0.6) is 0 Å². The van der Waals surface area contributed by atoms with Crippen LogP contribution in [-0.2, 0) is 0 Å². The first-order valence-electron chi connectivity index (χ1n) is 13.5. The molecule has 0 amide bonds. The predicted octanol–water partition coefficient (Wildman–Crippen LogP) is 10.8. The summed E-state index contributed by atoms with van der Waals surface area (Å²) in [6.07, 6.45) is 0. The topological polar surface area (TPSA) is 21.3 Å². The summed E-state index contributed by atoms with van der Waals surface area (Å²) in [7, 11) is 0. The molecule has 0 bridgehead atoms. The van der Waals surface area contributed by atoms with E-state index in [1.807, 2.05) is 23.5 Å². The molecule has 186 valence electrons.